The van der Waals surface area contributed by atoms with Crippen molar-refractivity contribution in [3.63, 3.8) is 0 Å². The molecule has 0 fully saturated rings. The molecule has 0 radical (unpaired) electrons. The van der Waals surface area contributed by atoms with E-state index in [2.05, 4.69) is 17.9 Å². The number of carbonyl (C=O) groups excluding carboxylic acids is 1. The van der Waals surface area contributed by atoms with Crippen molar-refractivity contribution in [1.82, 2.24) is 5.32 Å². The van der Waals surface area contributed by atoms with Gasteiger partial charge in [0.2, 0.25) is 5.91 Å². The third-order valence-corrected chi connectivity index (χ3v) is 2.16. The summed E-state index contributed by atoms with van der Waals surface area (Å²) in [6.07, 6.45) is 0. The van der Waals surface area contributed by atoms with Gasteiger partial charge < -0.3 is 5.32 Å². The highest BCUT2D eigenvalue weighted by Crippen LogP contribution is 2.03. The van der Waals surface area contributed by atoms with Crippen LogP contribution in [0.5, 0.6) is 0 Å². The molecule has 0 bridgehead atoms. The molecule has 1 aromatic rings. The van der Waals surface area contributed by atoms with Gasteiger partial charge in [0, 0.05) is 6.54 Å². The standard InChI is InChI=1S/C11H12N2OS/c1-8(15)11(14)13-7-10-4-2-9(6-12)3-5-10/h2-5,8,15H,7H2,1H3,(H,13,14). The third kappa shape index (κ3) is 3.64. The van der Waals surface area contributed by atoms with E-state index in [1.807, 2.05) is 18.2 Å². The van der Waals surface area contributed by atoms with Gasteiger partial charge in [0.25, 0.3) is 0 Å². The molecule has 1 aromatic carbocycles. The van der Waals surface area contributed by atoms with Crippen LogP contribution in [0, 0.1) is 11.3 Å². The van der Waals surface area contributed by atoms with E-state index < -0.39 is 0 Å². The summed E-state index contributed by atoms with van der Waals surface area (Å²) in [6, 6.07) is 9.14. The summed E-state index contributed by atoms with van der Waals surface area (Å²) in [6.45, 7) is 2.19. The Morgan fingerprint density at radius 3 is 2.60 bits per heavy atom. The predicted octanol–water partition coefficient (Wildman–Crippen LogP) is 1.49. The lowest BCUT2D eigenvalue weighted by Crippen LogP contribution is -2.29. The number of nitriles is 1. The van der Waals surface area contributed by atoms with Crippen LogP contribution in [0.3, 0.4) is 0 Å². The highest BCUT2D eigenvalue weighted by molar-refractivity contribution is 7.81. The van der Waals surface area contributed by atoms with E-state index in [1.54, 1.807) is 19.1 Å². The number of hydrogen-bond acceptors (Lipinski definition) is 3. The zero-order valence-electron chi connectivity index (χ0n) is 8.40. The van der Waals surface area contributed by atoms with Crippen molar-refractivity contribution >= 4 is 18.5 Å². The molecule has 0 aliphatic carbocycles. The zero-order chi connectivity index (χ0) is 11.3. The maximum absolute atomic E-state index is 11.2. The fourth-order valence-electron chi connectivity index (χ4n) is 1.03. The molecule has 0 aliphatic rings. The van der Waals surface area contributed by atoms with Crippen LogP contribution in [0.2, 0.25) is 0 Å². The van der Waals surface area contributed by atoms with E-state index in [0.717, 1.165) is 5.56 Å². The summed E-state index contributed by atoms with van der Waals surface area (Å²) in [7, 11) is 0. The molecular weight excluding hydrogens is 208 g/mol. The van der Waals surface area contributed by atoms with Crippen molar-refractivity contribution in [3.05, 3.63) is 35.4 Å². The number of hydrogen-bond donors (Lipinski definition) is 2. The second-order valence-corrected chi connectivity index (χ2v) is 3.98. The van der Waals surface area contributed by atoms with E-state index in [-0.39, 0.29) is 11.2 Å². The molecule has 0 saturated heterocycles. The fourth-order valence-corrected chi connectivity index (χ4v) is 1.13. The molecule has 15 heavy (non-hydrogen) atoms. The first kappa shape index (κ1) is 11.6. The lowest BCUT2D eigenvalue weighted by molar-refractivity contribution is -0.120. The molecule has 1 unspecified atom stereocenters. The Balaban J connectivity index is 2.52. The lowest BCUT2D eigenvalue weighted by atomic mass is 10.1. The van der Waals surface area contributed by atoms with Crippen molar-refractivity contribution in [2.24, 2.45) is 0 Å². The molecule has 1 rings (SSSR count). The molecule has 4 heteroatoms. The number of rotatable bonds is 3. The van der Waals surface area contributed by atoms with Gasteiger partial charge in [0.05, 0.1) is 16.9 Å². The third-order valence-electron chi connectivity index (χ3n) is 1.93. The summed E-state index contributed by atoms with van der Waals surface area (Å²) in [4.78, 5) is 11.2. The molecule has 1 atom stereocenters. The Kier molecular flexibility index (Phi) is 4.19. The van der Waals surface area contributed by atoms with Gasteiger partial charge in [-0.25, -0.2) is 0 Å². The highest BCUT2D eigenvalue weighted by Gasteiger charge is 2.06. The fraction of sp³-hybridized carbons (Fsp3) is 0.273. The summed E-state index contributed by atoms with van der Waals surface area (Å²) in [5.41, 5.74) is 1.59. The largest absolute Gasteiger partial charge is 0.351 e. The first-order valence-electron chi connectivity index (χ1n) is 4.58. The normalized spacial score (nSPS) is 11.5. The first-order valence-corrected chi connectivity index (χ1v) is 5.10. The van der Waals surface area contributed by atoms with E-state index >= 15 is 0 Å². The quantitative estimate of drug-likeness (QED) is 0.758. The predicted molar refractivity (Wildman–Crippen MR) is 61.5 cm³/mol. The van der Waals surface area contributed by atoms with Crippen molar-refractivity contribution in [2.45, 2.75) is 18.7 Å². The van der Waals surface area contributed by atoms with Crippen LogP contribution in [0.1, 0.15) is 18.1 Å². The molecule has 3 nitrogen and oxygen atoms in total. The van der Waals surface area contributed by atoms with Gasteiger partial charge in [0.15, 0.2) is 0 Å². The van der Waals surface area contributed by atoms with Crippen LogP contribution in [-0.2, 0) is 11.3 Å². The number of carbonyl (C=O) groups is 1. The summed E-state index contributed by atoms with van der Waals surface area (Å²) in [5, 5.41) is 11.0. The molecule has 0 aromatic heterocycles. The molecule has 0 saturated carbocycles. The Bertz CT molecular complexity index is 379. The van der Waals surface area contributed by atoms with E-state index in [0.29, 0.717) is 12.1 Å². The summed E-state index contributed by atoms with van der Waals surface area (Å²) >= 11 is 4.02. The van der Waals surface area contributed by atoms with E-state index in [1.165, 1.54) is 0 Å². The van der Waals surface area contributed by atoms with Crippen molar-refractivity contribution in [3.8, 4) is 6.07 Å². The average Bonchev–Trinajstić information content (AvgIpc) is 2.26. The van der Waals surface area contributed by atoms with Crippen LogP contribution in [0.4, 0.5) is 0 Å². The van der Waals surface area contributed by atoms with Gasteiger partial charge >= 0.3 is 0 Å². The minimum absolute atomic E-state index is 0.0947. The van der Waals surface area contributed by atoms with Gasteiger partial charge in [-0.15, -0.1) is 0 Å². The number of benzene rings is 1. The zero-order valence-corrected chi connectivity index (χ0v) is 9.29. The molecular formula is C11H12N2OS. The molecule has 0 aliphatic heterocycles. The van der Waals surface area contributed by atoms with Crippen LogP contribution in [0.25, 0.3) is 0 Å². The first-order chi connectivity index (χ1) is 7.13. The van der Waals surface area contributed by atoms with Crippen molar-refractivity contribution in [2.75, 3.05) is 0 Å². The Hall–Kier alpha value is -1.47. The number of thiol groups is 1. The van der Waals surface area contributed by atoms with Gasteiger partial charge in [0.1, 0.15) is 0 Å². The maximum Gasteiger partial charge on any atom is 0.232 e. The minimum atomic E-state index is -0.302. The average molecular weight is 220 g/mol. The summed E-state index contributed by atoms with van der Waals surface area (Å²) in [5.74, 6) is -0.0947. The summed E-state index contributed by atoms with van der Waals surface area (Å²) < 4.78 is 0. The molecule has 1 amide bonds. The second kappa shape index (κ2) is 5.42. The lowest BCUT2D eigenvalue weighted by Gasteiger charge is -2.06. The van der Waals surface area contributed by atoms with E-state index in [4.69, 9.17) is 5.26 Å². The molecule has 78 valence electrons. The number of nitrogens with one attached hydrogen (secondary N) is 1. The van der Waals surface area contributed by atoms with Crippen LogP contribution < -0.4 is 5.32 Å². The molecule has 0 heterocycles. The Morgan fingerprint density at radius 2 is 2.13 bits per heavy atom. The highest BCUT2D eigenvalue weighted by atomic mass is 32.1. The van der Waals surface area contributed by atoms with Crippen molar-refractivity contribution in [1.29, 1.82) is 5.26 Å². The molecule has 1 N–H and O–H groups in total. The van der Waals surface area contributed by atoms with Gasteiger partial charge in [-0.05, 0) is 24.6 Å². The topological polar surface area (TPSA) is 52.9 Å². The monoisotopic (exact) mass is 220 g/mol. The second-order valence-electron chi connectivity index (χ2n) is 3.20. The SMILES string of the molecule is CC(S)C(=O)NCc1ccc(C#N)cc1. The Morgan fingerprint density at radius 1 is 1.53 bits per heavy atom. The van der Waals surface area contributed by atoms with E-state index in [9.17, 15) is 4.79 Å². The minimum Gasteiger partial charge on any atom is -0.351 e. The Labute approximate surface area is 94.5 Å². The number of amides is 1. The van der Waals surface area contributed by atoms with Crippen LogP contribution >= 0.6 is 12.6 Å². The maximum atomic E-state index is 11.2. The van der Waals surface area contributed by atoms with Gasteiger partial charge in [-0.3, -0.25) is 4.79 Å². The molecule has 0 spiro atoms. The van der Waals surface area contributed by atoms with Gasteiger partial charge in [-0.2, -0.15) is 17.9 Å². The van der Waals surface area contributed by atoms with Gasteiger partial charge in [-0.1, -0.05) is 12.1 Å². The smallest absolute Gasteiger partial charge is 0.232 e. The van der Waals surface area contributed by atoms with Crippen LogP contribution in [0.15, 0.2) is 24.3 Å². The van der Waals surface area contributed by atoms with Crippen LogP contribution in [-0.4, -0.2) is 11.2 Å². The number of nitrogens with zero attached hydrogens (tertiary/aromatic N) is 1. The van der Waals surface area contributed by atoms with Crippen molar-refractivity contribution < 1.29 is 4.79 Å².